The van der Waals surface area contributed by atoms with E-state index in [0.29, 0.717) is 0 Å². The Morgan fingerprint density at radius 1 is 1.28 bits per heavy atom. The average Bonchev–Trinajstić information content (AvgIpc) is 2.25. The monoisotopic (exact) mass is 312 g/mol. The maximum atomic E-state index is 11.9. The summed E-state index contributed by atoms with van der Waals surface area (Å²) in [5, 5.41) is 17.0. The van der Waals surface area contributed by atoms with Crippen molar-refractivity contribution in [2.45, 2.75) is 11.3 Å². The van der Waals surface area contributed by atoms with Gasteiger partial charge in [0.25, 0.3) is 0 Å². The first-order valence-electron chi connectivity index (χ1n) is 4.86. The number of benzene rings is 1. The van der Waals surface area contributed by atoms with E-state index in [0.717, 1.165) is 6.07 Å². The number of aliphatic hydroxyl groups is 1. The molecule has 1 aromatic carbocycles. The minimum Gasteiger partial charge on any atom is -0.478 e. The van der Waals surface area contributed by atoms with Gasteiger partial charge in [0.15, 0.2) is 9.84 Å². The van der Waals surface area contributed by atoms with Crippen molar-refractivity contribution in [3.8, 4) is 0 Å². The molecule has 0 aliphatic carbocycles. The van der Waals surface area contributed by atoms with E-state index >= 15 is 0 Å². The Bertz CT molecular complexity index is 568. The first-order valence-corrected chi connectivity index (χ1v) is 7.27. The third-order valence-electron chi connectivity index (χ3n) is 2.18. The van der Waals surface area contributed by atoms with Crippen molar-refractivity contribution < 1.29 is 23.4 Å². The fourth-order valence-electron chi connectivity index (χ4n) is 1.33. The van der Waals surface area contributed by atoms with Crippen LogP contribution in [-0.4, -0.2) is 37.0 Å². The third-order valence-corrected chi connectivity index (χ3v) is 4.83. The molecule has 0 atom stereocenters. The summed E-state index contributed by atoms with van der Waals surface area (Å²) >= 11 is 11.4. The highest BCUT2D eigenvalue weighted by Crippen LogP contribution is 2.31. The van der Waals surface area contributed by atoms with Gasteiger partial charge in [-0.05, 0) is 18.6 Å². The van der Waals surface area contributed by atoms with Crippen LogP contribution < -0.4 is 0 Å². The third kappa shape index (κ3) is 3.14. The molecular weight excluding hydrogens is 303 g/mol. The van der Waals surface area contributed by atoms with E-state index in [2.05, 4.69) is 0 Å². The molecule has 0 heterocycles. The van der Waals surface area contributed by atoms with Crippen LogP contribution in [0.15, 0.2) is 17.0 Å². The number of aromatic carboxylic acids is 1. The van der Waals surface area contributed by atoms with Crippen LogP contribution >= 0.6 is 23.2 Å². The topological polar surface area (TPSA) is 91.7 Å². The standard InChI is InChI=1S/C10H10Cl2O5S/c11-6-2-3-7(9(12)8(6)10(14)15)18(16,17)5-1-4-13/h2-3,13H,1,4-5H2,(H,14,15). The zero-order chi connectivity index (χ0) is 13.9. The van der Waals surface area contributed by atoms with Gasteiger partial charge in [0, 0.05) is 6.61 Å². The molecule has 0 saturated heterocycles. The Balaban J connectivity index is 3.36. The Kier molecular flexibility index (Phi) is 4.98. The number of hydrogen-bond acceptors (Lipinski definition) is 4. The molecule has 0 fully saturated rings. The van der Waals surface area contributed by atoms with Gasteiger partial charge < -0.3 is 10.2 Å². The van der Waals surface area contributed by atoms with Crippen LogP contribution in [0.2, 0.25) is 10.0 Å². The van der Waals surface area contributed by atoms with Gasteiger partial charge in [-0.2, -0.15) is 0 Å². The van der Waals surface area contributed by atoms with Crippen molar-refractivity contribution in [2.24, 2.45) is 0 Å². The molecule has 2 N–H and O–H groups in total. The molecule has 0 saturated carbocycles. The Hall–Kier alpha value is -0.820. The van der Waals surface area contributed by atoms with E-state index in [1.807, 2.05) is 0 Å². The lowest BCUT2D eigenvalue weighted by Crippen LogP contribution is -2.11. The first kappa shape index (κ1) is 15.2. The lowest BCUT2D eigenvalue weighted by atomic mass is 10.2. The molecule has 0 aliphatic rings. The Morgan fingerprint density at radius 2 is 1.89 bits per heavy atom. The van der Waals surface area contributed by atoms with E-state index in [1.165, 1.54) is 6.07 Å². The predicted octanol–water partition coefficient (Wildman–Crippen LogP) is 1.85. The molecule has 0 amide bonds. The molecule has 0 unspecified atom stereocenters. The fraction of sp³-hybridized carbons (Fsp3) is 0.300. The van der Waals surface area contributed by atoms with Crippen molar-refractivity contribution in [3.63, 3.8) is 0 Å². The van der Waals surface area contributed by atoms with Crippen molar-refractivity contribution >= 4 is 39.0 Å². The summed E-state index contributed by atoms with van der Waals surface area (Å²) in [7, 11) is -3.74. The number of carboxylic acids is 1. The molecule has 100 valence electrons. The molecule has 0 radical (unpaired) electrons. The van der Waals surface area contributed by atoms with Crippen molar-refractivity contribution in [1.82, 2.24) is 0 Å². The van der Waals surface area contributed by atoms with Crippen LogP contribution in [0, 0.1) is 0 Å². The SMILES string of the molecule is O=C(O)c1c(Cl)ccc(S(=O)(=O)CCCO)c1Cl. The minimum atomic E-state index is -3.74. The molecule has 8 heteroatoms. The summed E-state index contributed by atoms with van der Waals surface area (Å²) in [4.78, 5) is 10.6. The van der Waals surface area contributed by atoms with Crippen LogP contribution in [0.5, 0.6) is 0 Å². The number of aliphatic hydroxyl groups excluding tert-OH is 1. The van der Waals surface area contributed by atoms with Crippen LogP contribution in [0.1, 0.15) is 16.8 Å². The molecule has 1 rings (SSSR count). The summed E-state index contributed by atoms with van der Waals surface area (Å²) < 4.78 is 23.7. The van der Waals surface area contributed by atoms with Crippen molar-refractivity contribution in [2.75, 3.05) is 12.4 Å². The number of carbonyl (C=O) groups is 1. The van der Waals surface area contributed by atoms with Crippen LogP contribution in [0.25, 0.3) is 0 Å². The van der Waals surface area contributed by atoms with Gasteiger partial charge in [-0.1, -0.05) is 23.2 Å². The van der Waals surface area contributed by atoms with E-state index in [9.17, 15) is 13.2 Å². The maximum Gasteiger partial charge on any atom is 0.338 e. The summed E-state index contributed by atoms with van der Waals surface area (Å²) in [5.41, 5.74) is -0.441. The summed E-state index contributed by atoms with van der Waals surface area (Å²) in [6.45, 7) is -0.282. The highest BCUT2D eigenvalue weighted by atomic mass is 35.5. The second kappa shape index (κ2) is 5.88. The quantitative estimate of drug-likeness (QED) is 0.865. The first-order chi connectivity index (χ1) is 8.31. The van der Waals surface area contributed by atoms with Gasteiger partial charge in [0.05, 0.1) is 26.3 Å². The van der Waals surface area contributed by atoms with Gasteiger partial charge >= 0.3 is 5.97 Å². The number of halogens is 2. The molecule has 0 aromatic heterocycles. The number of rotatable bonds is 5. The van der Waals surface area contributed by atoms with Gasteiger partial charge in [-0.25, -0.2) is 13.2 Å². The molecule has 0 aliphatic heterocycles. The zero-order valence-corrected chi connectivity index (χ0v) is 11.4. The highest BCUT2D eigenvalue weighted by Gasteiger charge is 2.24. The summed E-state index contributed by atoms with van der Waals surface area (Å²) in [6, 6.07) is 2.33. The fourth-order valence-corrected chi connectivity index (χ4v) is 3.60. The van der Waals surface area contributed by atoms with Crippen LogP contribution in [0.3, 0.4) is 0 Å². The molecule has 1 aromatic rings. The Labute approximate surface area is 114 Å². The molecule has 0 bridgehead atoms. The van der Waals surface area contributed by atoms with E-state index in [4.69, 9.17) is 33.4 Å². The second-order valence-electron chi connectivity index (χ2n) is 3.44. The lowest BCUT2D eigenvalue weighted by molar-refractivity contribution is 0.0697. The molecule has 5 nitrogen and oxygen atoms in total. The number of sulfone groups is 1. The van der Waals surface area contributed by atoms with Crippen molar-refractivity contribution in [1.29, 1.82) is 0 Å². The Morgan fingerprint density at radius 3 is 2.39 bits per heavy atom. The average molecular weight is 313 g/mol. The zero-order valence-electron chi connectivity index (χ0n) is 9.06. The lowest BCUT2D eigenvalue weighted by Gasteiger charge is -2.09. The van der Waals surface area contributed by atoms with E-state index in [1.54, 1.807) is 0 Å². The number of carboxylic acid groups (broad SMARTS) is 1. The van der Waals surface area contributed by atoms with Gasteiger partial charge in [0.1, 0.15) is 0 Å². The van der Waals surface area contributed by atoms with Crippen LogP contribution in [-0.2, 0) is 9.84 Å². The normalized spacial score (nSPS) is 11.5. The maximum absolute atomic E-state index is 11.9. The van der Waals surface area contributed by atoms with Crippen molar-refractivity contribution in [3.05, 3.63) is 27.7 Å². The molecular formula is C10H10Cl2O5S. The molecule has 18 heavy (non-hydrogen) atoms. The summed E-state index contributed by atoms with van der Waals surface area (Å²) in [5.74, 6) is -1.71. The van der Waals surface area contributed by atoms with Crippen LogP contribution in [0.4, 0.5) is 0 Å². The minimum absolute atomic E-state index is 0.0453. The second-order valence-corrected chi connectivity index (χ2v) is 6.30. The van der Waals surface area contributed by atoms with Gasteiger partial charge in [0.2, 0.25) is 0 Å². The van der Waals surface area contributed by atoms with E-state index < -0.39 is 26.4 Å². The largest absolute Gasteiger partial charge is 0.478 e. The number of hydrogen-bond donors (Lipinski definition) is 2. The molecule has 0 spiro atoms. The summed E-state index contributed by atoms with van der Waals surface area (Å²) in [6.07, 6.45) is 0.0453. The van der Waals surface area contributed by atoms with Gasteiger partial charge in [-0.15, -0.1) is 0 Å². The van der Waals surface area contributed by atoms with Gasteiger partial charge in [-0.3, -0.25) is 0 Å². The van der Waals surface area contributed by atoms with E-state index in [-0.39, 0.29) is 28.7 Å². The highest BCUT2D eigenvalue weighted by molar-refractivity contribution is 7.91. The predicted molar refractivity (Wildman–Crippen MR) is 67.2 cm³/mol. The smallest absolute Gasteiger partial charge is 0.338 e.